The number of carboxylic acids is 1. The molecule has 0 spiro atoms. The van der Waals surface area contributed by atoms with E-state index >= 15 is 0 Å². The highest BCUT2D eigenvalue weighted by molar-refractivity contribution is 8.00. The number of carbonyl (C=O) groups excluding carboxylic acids is 2. The Balaban J connectivity index is 2.61. The van der Waals surface area contributed by atoms with Crippen molar-refractivity contribution in [2.45, 2.75) is 17.1 Å². The number of nitrogens with one attached hydrogen (secondary N) is 2. The van der Waals surface area contributed by atoms with Gasteiger partial charge in [-0.2, -0.15) is 0 Å². The van der Waals surface area contributed by atoms with Gasteiger partial charge in [-0.1, -0.05) is 0 Å². The molecule has 0 saturated heterocycles. The second-order valence-corrected chi connectivity index (χ2v) is 5.07. The van der Waals surface area contributed by atoms with Gasteiger partial charge in [-0.05, 0) is 31.2 Å². The molecule has 1 rings (SSSR count). The molecule has 3 N–H and O–H groups in total. The second kappa shape index (κ2) is 6.79. The molecule has 0 fully saturated rings. The van der Waals surface area contributed by atoms with E-state index < -0.39 is 23.2 Å². The third-order valence-corrected chi connectivity index (χ3v) is 3.36. The van der Waals surface area contributed by atoms with Crippen molar-refractivity contribution in [3.8, 4) is 0 Å². The van der Waals surface area contributed by atoms with Crippen molar-refractivity contribution in [2.75, 3.05) is 7.05 Å². The van der Waals surface area contributed by atoms with Crippen molar-refractivity contribution in [3.63, 3.8) is 0 Å². The lowest BCUT2D eigenvalue weighted by Gasteiger charge is -2.10. The quantitative estimate of drug-likeness (QED) is 0.724. The Bertz CT molecular complexity index is 487. The molecule has 0 aliphatic heterocycles. The van der Waals surface area contributed by atoms with E-state index in [1.165, 1.54) is 30.9 Å². The number of amides is 3. The van der Waals surface area contributed by atoms with Crippen LogP contribution in [0.5, 0.6) is 0 Å². The Kier molecular flexibility index (Phi) is 5.37. The fourth-order valence-corrected chi connectivity index (χ4v) is 2.08. The summed E-state index contributed by atoms with van der Waals surface area (Å²) in [6.07, 6.45) is 0. The predicted octanol–water partition coefficient (Wildman–Crippen LogP) is 1.32. The van der Waals surface area contributed by atoms with Crippen molar-refractivity contribution < 1.29 is 19.5 Å². The summed E-state index contributed by atoms with van der Waals surface area (Å²) in [5.41, 5.74) is 0.187. The highest BCUT2D eigenvalue weighted by Crippen LogP contribution is 2.23. The zero-order chi connectivity index (χ0) is 14.4. The van der Waals surface area contributed by atoms with E-state index in [0.717, 1.165) is 4.90 Å². The van der Waals surface area contributed by atoms with Crippen LogP contribution < -0.4 is 10.6 Å². The molecule has 6 nitrogen and oxygen atoms in total. The van der Waals surface area contributed by atoms with E-state index in [1.54, 1.807) is 19.1 Å². The van der Waals surface area contributed by atoms with Gasteiger partial charge in [0.15, 0.2) is 0 Å². The molecule has 0 bridgehead atoms. The molecule has 0 saturated carbocycles. The summed E-state index contributed by atoms with van der Waals surface area (Å²) in [5.74, 6) is -1.41. The summed E-state index contributed by atoms with van der Waals surface area (Å²) in [4.78, 5) is 34.0. The molecular formula is C12H14N2O4S. The first-order valence-corrected chi connectivity index (χ1v) is 6.34. The van der Waals surface area contributed by atoms with E-state index in [4.69, 9.17) is 5.11 Å². The number of carbonyl (C=O) groups is 3. The van der Waals surface area contributed by atoms with Gasteiger partial charge in [0.1, 0.15) is 0 Å². The Hall–Kier alpha value is -2.02. The van der Waals surface area contributed by atoms with Gasteiger partial charge in [0.2, 0.25) is 5.91 Å². The van der Waals surface area contributed by atoms with E-state index in [0.29, 0.717) is 0 Å². The lowest BCUT2D eigenvalue weighted by molar-refractivity contribution is -0.119. The number of aromatic carboxylic acids is 1. The number of benzene rings is 1. The highest BCUT2D eigenvalue weighted by atomic mass is 32.2. The molecule has 1 atom stereocenters. The predicted molar refractivity (Wildman–Crippen MR) is 71.3 cm³/mol. The Morgan fingerprint density at radius 2 is 1.79 bits per heavy atom. The number of hydrogen-bond acceptors (Lipinski definition) is 4. The molecule has 102 valence electrons. The van der Waals surface area contributed by atoms with Crippen molar-refractivity contribution in [1.82, 2.24) is 10.6 Å². The van der Waals surface area contributed by atoms with Crippen LogP contribution >= 0.6 is 11.8 Å². The fourth-order valence-electron chi connectivity index (χ4n) is 1.21. The summed E-state index contributed by atoms with van der Waals surface area (Å²) >= 11 is 1.24. The molecular weight excluding hydrogens is 268 g/mol. The largest absolute Gasteiger partial charge is 0.478 e. The molecule has 0 aliphatic carbocycles. The van der Waals surface area contributed by atoms with Crippen LogP contribution in [0.25, 0.3) is 0 Å². The first-order chi connectivity index (χ1) is 8.93. The average Bonchev–Trinajstić information content (AvgIpc) is 2.38. The monoisotopic (exact) mass is 282 g/mol. The van der Waals surface area contributed by atoms with E-state index in [2.05, 4.69) is 10.6 Å². The number of carboxylic acid groups (broad SMARTS) is 1. The van der Waals surface area contributed by atoms with Crippen LogP contribution in [0.4, 0.5) is 4.79 Å². The maximum Gasteiger partial charge on any atom is 0.335 e. The number of urea groups is 1. The summed E-state index contributed by atoms with van der Waals surface area (Å²) in [6, 6.07) is 5.62. The molecule has 0 aliphatic rings. The van der Waals surface area contributed by atoms with Crippen LogP contribution in [0.1, 0.15) is 17.3 Å². The lowest BCUT2D eigenvalue weighted by atomic mass is 10.2. The first kappa shape index (κ1) is 15.0. The van der Waals surface area contributed by atoms with Crippen LogP contribution in [0.15, 0.2) is 29.2 Å². The Labute approximate surface area is 114 Å². The molecule has 1 aromatic carbocycles. The van der Waals surface area contributed by atoms with Crippen molar-refractivity contribution in [3.05, 3.63) is 29.8 Å². The summed E-state index contributed by atoms with van der Waals surface area (Å²) in [6.45, 7) is 1.66. The van der Waals surface area contributed by atoms with Gasteiger partial charge in [0.05, 0.1) is 10.8 Å². The Morgan fingerprint density at radius 3 is 2.26 bits per heavy atom. The van der Waals surface area contributed by atoms with Crippen molar-refractivity contribution in [2.24, 2.45) is 0 Å². The van der Waals surface area contributed by atoms with Gasteiger partial charge in [0.25, 0.3) is 0 Å². The van der Waals surface area contributed by atoms with Gasteiger partial charge in [0, 0.05) is 11.9 Å². The summed E-state index contributed by atoms with van der Waals surface area (Å²) < 4.78 is 0. The van der Waals surface area contributed by atoms with E-state index in [9.17, 15) is 14.4 Å². The molecule has 7 heteroatoms. The van der Waals surface area contributed by atoms with Crippen LogP contribution in [0, 0.1) is 0 Å². The standard InChI is InChI=1S/C12H14N2O4S/c1-7(10(15)14-12(18)13-2)19-9-5-3-8(4-6-9)11(16)17/h3-7H,1-2H3,(H,16,17)(H2,13,14,15,18). The van der Waals surface area contributed by atoms with Crippen LogP contribution in [0.2, 0.25) is 0 Å². The van der Waals surface area contributed by atoms with E-state index in [-0.39, 0.29) is 5.56 Å². The second-order valence-electron chi connectivity index (χ2n) is 3.66. The van der Waals surface area contributed by atoms with Crippen LogP contribution in [-0.2, 0) is 4.79 Å². The van der Waals surface area contributed by atoms with E-state index in [1.807, 2.05) is 0 Å². The molecule has 19 heavy (non-hydrogen) atoms. The average molecular weight is 282 g/mol. The first-order valence-electron chi connectivity index (χ1n) is 5.46. The van der Waals surface area contributed by atoms with Crippen LogP contribution in [0.3, 0.4) is 0 Å². The maximum absolute atomic E-state index is 11.6. The highest BCUT2D eigenvalue weighted by Gasteiger charge is 2.16. The van der Waals surface area contributed by atoms with Gasteiger partial charge in [-0.25, -0.2) is 9.59 Å². The van der Waals surface area contributed by atoms with Gasteiger partial charge in [-0.15, -0.1) is 11.8 Å². The molecule has 1 aromatic rings. The summed E-state index contributed by atoms with van der Waals surface area (Å²) in [5, 5.41) is 12.8. The lowest BCUT2D eigenvalue weighted by Crippen LogP contribution is -2.41. The van der Waals surface area contributed by atoms with Gasteiger partial charge < -0.3 is 10.4 Å². The topological polar surface area (TPSA) is 95.5 Å². The SMILES string of the molecule is CNC(=O)NC(=O)C(C)Sc1ccc(C(=O)O)cc1. The maximum atomic E-state index is 11.6. The zero-order valence-corrected chi connectivity index (χ0v) is 11.3. The molecule has 3 amide bonds. The van der Waals surface area contributed by atoms with Gasteiger partial charge >= 0.3 is 12.0 Å². The summed E-state index contributed by atoms with van der Waals surface area (Å²) in [7, 11) is 1.42. The van der Waals surface area contributed by atoms with Crippen molar-refractivity contribution >= 4 is 29.7 Å². The molecule has 0 aromatic heterocycles. The Morgan fingerprint density at radius 1 is 1.21 bits per heavy atom. The van der Waals surface area contributed by atoms with Crippen molar-refractivity contribution in [1.29, 1.82) is 0 Å². The third-order valence-electron chi connectivity index (χ3n) is 2.25. The molecule has 0 radical (unpaired) electrons. The van der Waals surface area contributed by atoms with Gasteiger partial charge in [-0.3, -0.25) is 10.1 Å². The number of hydrogen-bond donors (Lipinski definition) is 3. The minimum atomic E-state index is -0.998. The minimum Gasteiger partial charge on any atom is -0.478 e. The number of rotatable bonds is 4. The zero-order valence-electron chi connectivity index (χ0n) is 10.5. The fraction of sp³-hybridized carbons (Fsp3) is 0.250. The number of imide groups is 1. The van der Waals surface area contributed by atoms with Crippen LogP contribution in [-0.4, -0.2) is 35.3 Å². The smallest absolute Gasteiger partial charge is 0.335 e. The third kappa shape index (κ3) is 4.63. The number of thioether (sulfide) groups is 1. The molecule has 0 heterocycles. The normalized spacial score (nSPS) is 11.5. The minimum absolute atomic E-state index is 0.187. The molecule has 1 unspecified atom stereocenters.